The first kappa shape index (κ1) is 12.9. The van der Waals surface area contributed by atoms with Crippen LogP contribution in [0.2, 0.25) is 0 Å². The first-order chi connectivity index (χ1) is 8.75. The molecular weight excluding hydrogens is 226 g/mol. The van der Waals surface area contributed by atoms with Gasteiger partial charge in [-0.1, -0.05) is 25.0 Å². The second-order valence-corrected chi connectivity index (χ2v) is 5.04. The van der Waals surface area contributed by atoms with Gasteiger partial charge in [-0.15, -0.1) is 0 Å². The van der Waals surface area contributed by atoms with Crippen molar-refractivity contribution in [3.63, 3.8) is 0 Å². The van der Waals surface area contributed by atoms with E-state index in [4.69, 9.17) is 5.11 Å². The predicted molar refractivity (Wildman–Crippen MR) is 71.4 cm³/mol. The highest BCUT2D eigenvalue weighted by Gasteiger charge is 2.21. The summed E-state index contributed by atoms with van der Waals surface area (Å²) in [4.78, 5) is 11.8. The van der Waals surface area contributed by atoms with Crippen molar-refractivity contribution in [2.45, 2.75) is 38.5 Å². The quantitative estimate of drug-likeness (QED) is 0.786. The van der Waals surface area contributed by atoms with Crippen LogP contribution < -0.4 is 5.32 Å². The minimum absolute atomic E-state index is 0.234. The Morgan fingerprint density at radius 1 is 1.22 bits per heavy atom. The molecule has 0 atom stereocenters. The Morgan fingerprint density at radius 2 is 1.89 bits per heavy atom. The molecule has 3 heteroatoms. The number of hydrogen-bond acceptors (Lipinski definition) is 2. The fourth-order valence-electron chi connectivity index (χ4n) is 2.50. The van der Waals surface area contributed by atoms with Gasteiger partial charge in [-0.05, 0) is 43.4 Å². The zero-order chi connectivity index (χ0) is 12.8. The summed E-state index contributed by atoms with van der Waals surface area (Å²) in [5.74, 6) is 0.796. The lowest BCUT2D eigenvalue weighted by molar-refractivity contribution is -0.124. The van der Waals surface area contributed by atoms with Crippen LogP contribution in [0.25, 0.3) is 0 Å². The number of hydrogen-bond donors (Lipinski definition) is 2. The molecule has 1 aromatic rings. The molecule has 1 aliphatic carbocycles. The third-order valence-corrected chi connectivity index (χ3v) is 3.60. The number of phenols is 1. The maximum Gasteiger partial charge on any atom is 0.223 e. The summed E-state index contributed by atoms with van der Waals surface area (Å²) in [6.07, 6.45) is 6.40. The van der Waals surface area contributed by atoms with Crippen LogP contribution in [0.15, 0.2) is 24.3 Å². The van der Waals surface area contributed by atoms with Crippen LogP contribution in [0, 0.1) is 5.92 Å². The molecular formula is C15H21NO2. The molecule has 98 valence electrons. The van der Waals surface area contributed by atoms with Crippen LogP contribution >= 0.6 is 0 Å². The largest absolute Gasteiger partial charge is 0.508 e. The zero-order valence-electron chi connectivity index (χ0n) is 10.7. The molecule has 1 aromatic carbocycles. The standard InChI is InChI=1S/C15H21NO2/c17-14-9-7-12(8-10-14)4-3-11-16-15(18)13-5-1-2-6-13/h7-10,13,17H,1-6,11H2,(H,16,18). The van der Waals surface area contributed by atoms with E-state index in [1.165, 1.54) is 18.4 Å². The maximum absolute atomic E-state index is 11.8. The summed E-state index contributed by atoms with van der Waals surface area (Å²) in [6.45, 7) is 0.746. The van der Waals surface area contributed by atoms with Crippen LogP contribution in [0.3, 0.4) is 0 Å². The van der Waals surface area contributed by atoms with Crippen molar-refractivity contribution in [3.8, 4) is 5.75 Å². The number of carbonyl (C=O) groups excluding carboxylic acids is 1. The second-order valence-electron chi connectivity index (χ2n) is 5.04. The summed E-state index contributed by atoms with van der Waals surface area (Å²) >= 11 is 0. The van der Waals surface area contributed by atoms with E-state index in [9.17, 15) is 4.79 Å². The van der Waals surface area contributed by atoms with E-state index in [0.717, 1.165) is 32.2 Å². The molecule has 0 bridgehead atoms. The number of phenolic OH excluding ortho intramolecular Hbond substituents is 1. The van der Waals surface area contributed by atoms with Gasteiger partial charge in [0.1, 0.15) is 5.75 Å². The van der Waals surface area contributed by atoms with Crippen LogP contribution in [0.1, 0.15) is 37.7 Å². The van der Waals surface area contributed by atoms with Gasteiger partial charge in [0, 0.05) is 12.5 Å². The maximum atomic E-state index is 11.8. The van der Waals surface area contributed by atoms with E-state index < -0.39 is 0 Å². The third-order valence-electron chi connectivity index (χ3n) is 3.60. The van der Waals surface area contributed by atoms with Gasteiger partial charge in [0.2, 0.25) is 5.91 Å². The fraction of sp³-hybridized carbons (Fsp3) is 0.533. The van der Waals surface area contributed by atoms with Gasteiger partial charge >= 0.3 is 0 Å². The van der Waals surface area contributed by atoms with Crippen LogP contribution in [0.5, 0.6) is 5.75 Å². The summed E-state index contributed by atoms with van der Waals surface area (Å²) in [5, 5.41) is 12.2. The lowest BCUT2D eigenvalue weighted by atomic mass is 10.1. The minimum Gasteiger partial charge on any atom is -0.508 e. The lowest BCUT2D eigenvalue weighted by Gasteiger charge is -2.10. The summed E-state index contributed by atoms with van der Waals surface area (Å²) < 4.78 is 0. The predicted octanol–water partition coefficient (Wildman–Crippen LogP) is 2.63. The van der Waals surface area contributed by atoms with Crippen LogP contribution in [0.4, 0.5) is 0 Å². The molecule has 0 unspecified atom stereocenters. The Bertz CT molecular complexity index is 380. The summed E-state index contributed by atoms with van der Waals surface area (Å²) in [6, 6.07) is 7.25. The van der Waals surface area contributed by atoms with E-state index in [1.807, 2.05) is 12.1 Å². The van der Waals surface area contributed by atoms with Crippen molar-refractivity contribution in [1.29, 1.82) is 0 Å². The molecule has 0 saturated heterocycles. The molecule has 0 spiro atoms. The molecule has 0 heterocycles. The number of benzene rings is 1. The van der Waals surface area contributed by atoms with Crippen LogP contribution in [-0.4, -0.2) is 17.6 Å². The highest BCUT2D eigenvalue weighted by Crippen LogP contribution is 2.24. The Morgan fingerprint density at radius 3 is 2.56 bits per heavy atom. The molecule has 2 rings (SSSR count). The molecule has 18 heavy (non-hydrogen) atoms. The van der Waals surface area contributed by atoms with Gasteiger partial charge in [0.05, 0.1) is 0 Å². The minimum atomic E-state index is 0.234. The number of carbonyl (C=O) groups is 1. The van der Waals surface area contributed by atoms with Crippen LogP contribution in [-0.2, 0) is 11.2 Å². The zero-order valence-corrected chi connectivity index (χ0v) is 10.7. The lowest BCUT2D eigenvalue weighted by Crippen LogP contribution is -2.30. The van der Waals surface area contributed by atoms with Gasteiger partial charge in [-0.3, -0.25) is 4.79 Å². The van der Waals surface area contributed by atoms with Crippen molar-refractivity contribution in [2.24, 2.45) is 5.92 Å². The number of amides is 1. The third kappa shape index (κ3) is 3.76. The van der Waals surface area contributed by atoms with E-state index >= 15 is 0 Å². The molecule has 0 aromatic heterocycles. The molecule has 1 fully saturated rings. The Balaban J connectivity index is 1.63. The molecule has 1 aliphatic rings. The average Bonchev–Trinajstić information content (AvgIpc) is 2.90. The Labute approximate surface area is 108 Å². The van der Waals surface area contributed by atoms with Crippen molar-refractivity contribution >= 4 is 5.91 Å². The van der Waals surface area contributed by atoms with Gasteiger partial charge in [-0.25, -0.2) is 0 Å². The summed E-state index contributed by atoms with van der Waals surface area (Å²) in [5.41, 5.74) is 1.20. The molecule has 1 saturated carbocycles. The van der Waals surface area contributed by atoms with Gasteiger partial charge in [0.15, 0.2) is 0 Å². The van der Waals surface area contributed by atoms with E-state index in [1.54, 1.807) is 12.1 Å². The first-order valence-corrected chi connectivity index (χ1v) is 6.81. The highest BCUT2D eigenvalue weighted by atomic mass is 16.3. The monoisotopic (exact) mass is 247 g/mol. The average molecular weight is 247 g/mol. The molecule has 1 amide bonds. The molecule has 0 aliphatic heterocycles. The number of aromatic hydroxyl groups is 1. The normalized spacial score (nSPS) is 15.8. The van der Waals surface area contributed by atoms with Crippen molar-refractivity contribution in [2.75, 3.05) is 6.54 Å². The fourth-order valence-corrected chi connectivity index (χ4v) is 2.50. The van der Waals surface area contributed by atoms with Gasteiger partial charge in [-0.2, -0.15) is 0 Å². The highest BCUT2D eigenvalue weighted by molar-refractivity contribution is 5.78. The smallest absolute Gasteiger partial charge is 0.223 e. The second kappa shape index (κ2) is 6.43. The van der Waals surface area contributed by atoms with Crippen molar-refractivity contribution in [3.05, 3.63) is 29.8 Å². The van der Waals surface area contributed by atoms with Crippen molar-refractivity contribution in [1.82, 2.24) is 5.32 Å². The van der Waals surface area contributed by atoms with Crippen molar-refractivity contribution < 1.29 is 9.90 Å². The SMILES string of the molecule is O=C(NCCCc1ccc(O)cc1)C1CCCC1. The number of aryl methyl sites for hydroxylation is 1. The van der Waals surface area contributed by atoms with E-state index in [0.29, 0.717) is 5.75 Å². The van der Waals surface area contributed by atoms with Gasteiger partial charge < -0.3 is 10.4 Å². The molecule has 0 radical (unpaired) electrons. The summed E-state index contributed by atoms with van der Waals surface area (Å²) in [7, 11) is 0. The van der Waals surface area contributed by atoms with E-state index in [-0.39, 0.29) is 11.8 Å². The number of nitrogens with one attached hydrogen (secondary N) is 1. The molecule has 3 nitrogen and oxygen atoms in total. The molecule has 2 N–H and O–H groups in total. The Kier molecular flexibility index (Phi) is 4.62. The topological polar surface area (TPSA) is 49.3 Å². The number of rotatable bonds is 5. The van der Waals surface area contributed by atoms with E-state index in [2.05, 4.69) is 5.32 Å². The van der Waals surface area contributed by atoms with Gasteiger partial charge in [0.25, 0.3) is 0 Å². The first-order valence-electron chi connectivity index (χ1n) is 6.81. The Hall–Kier alpha value is -1.51.